The highest BCUT2D eigenvalue weighted by Gasteiger charge is 2.31. The van der Waals surface area contributed by atoms with Gasteiger partial charge in [-0.25, -0.2) is 0 Å². The molecule has 1 aliphatic rings. The van der Waals surface area contributed by atoms with Crippen molar-refractivity contribution < 1.29 is 9.84 Å². The van der Waals surface area contributed by atoms with Crippen LogP contribution < -0.4 is 5.73 Å². The van der Waals surface area contributed by atoms with Crippen LogP contribution in [0.25, 0.3) is 0 Å². The van der Waals surface area contributed by atoms with Crippen LogP contribution in [0.4, 0.5) is 0 Å². The van der Waals surface area contributed by atoms with Crippen LogP contribution >= 0.6 is 0 Å². The first-order valence-electron chi connectivity index (χ1n) is 6.45. The van der Waals surface area contributed by atoms with Gasteiger partial charge in [0.05, 0.1) is 13.2 Å². The van der Waals surface area contributed by atoms with E-state index in [9.17, 15) is 5.11 Å². The van der Waals surface area contributed by atoms with Crippen molar-refractivity contribution in [2.24, 2.45) is 5.73 Å². The second-order valence-electron chi connectivity index (χ2n) is 5.14. The van der Waals surface area contributed by atoms with Gasteiger partial charge in [0.25, 0.3) is 0 Å². The van der Waals surface area contributed by atoms with E-state index >= 15 is 0 Å². The molecule has 3 N–H and O–H groups in total. The number of nitrogens with two attached hydrogens (primary N) is 1. The molecule has 0 spiro atoms. The molecule has 100 valence electrons. The SMILES string of the molecule is CC(CN)(Cc1ccc(O)cc1)N1CCOCC1. The van der Waals surface area contributed by atoms with Crippen molar-refractivity contribution in [3.63, 3.8) is 0 Å². The van der Waals surface area contributed by atoms with Crippen molar-refractivity contribution in [2.45, 2.75) is 18.9 Å². The van der Waals surface area contributed by atoms with Gasteiger partial charge in [0.1, 0.15) is 5.75 Å². The number of ether oxygens (including phenoxy) is 1. The van der Waals surface area contributed by atoms with Gasteiger partial charge in [0.15, 0.2) is 0 Å². The summed E-state index contributed by atoms with van der Waals surface area (Å²) in [7, 11) is 0. The summed E-state index contributed by atoms with van der Waals surface area (Å²) < 4.78 is 5.39. The zero-order chi connectivity index (χ0) is 13.0. The lowest BCUT2D eigenvalue weighted by molar-refractivity contribution is -0.0132. The molecule has 1 fully saturated rings. The number of aromatic hydroxyl groups is 1. The Hall–Kier alpha value is -1.10. The first-order chi connectivity index (χ1) is 8.64. The zero-order valence-corrected chi connectivity index (χ0v) is 10.9. The fourth-order valence-corrected chi connectivity index (χ4v) is 2.47. The van der Waals surface area contributed by atoms with Gasteiger partial charge < -0.3 is 15.6 Å². The fraction of sp³-hybridized carbons (Fsp3) is 0.571. The number of phenolic OH excluding ortho intramolecular Hbond substituents is 1. The minimum absolute atomic E-state index is 0.0409. The first kappa shape index (κ1) is 13.3. The predicted octanol–water partition coefficient (Wildman–Crippen LogP) is 0.984. The summed E-state index contributed by atoms with van der Waals surface area (Å²) in [6.45, 7) is 6.26. The highest BCUT2D eigenvalue weighted by Crippen LogP contribution is 2.22. The molecule has 0 aliphatic carbocycles. The average Bonchev–Trinajstić information content (AvgIpc) is 2.42. The van der Waals surface area contributed by atoms with Gasteiger partial charge in [-0.2, -0.15) is 0 Å². The van der Waals surface area contributed by atoms with Crippen molar-refractivity contribution in [3.05, 3.63) is 29.8 Å². The second-order valence-corrected chi connectivity index (χ2v) is 5.14. The molecule has 0 saturated carbocycles. The normalized spacial score (nSPS) is 20.6. The molecule has 1 atom stereocenters. The largest absolute Gasteiger partial charge is 0.508 e. The second kappa shape index (κ2) is 5.69. The van der Waals surface area contributed by atoms with E-state index in [2.05, 4.69) is 11.8 Å². The summed E-state index contributed by atoms with van der Waals surface area (Å²) in [6, 6.07) is 7.38. The summed E-state index contributed by atoms with van der Waals surface area (Å²) in [5.41, 5.74) is 7.14. The van der Waals surface area contributed by atoms with Crippen LogP contribution in [-0.4, -0.2) is 48.4 Å². The first-order valence-corrected chi connectivity index (χ1v) is 6.45. The molecule has 4 heteroatoms. The maximum absolute atomic E-state index is 9.31. The maximum atomic E-state index is 9.31. The van der Waals surface area contributed by atoms with Gasteiger partial charge in [-0.3, -0.25) is 4.90 Å². The Kier molecular flexibility index (Phi) is 4.22. The Bertz CT molecular complexity index is 374. The van der Waals surface area contributed by atoms with E-state index in [0.717, 1.165) is 32.7 Å². The molecule has 1 aliphatic heterocycles. The molecular weight excluding hydrogens is 228 g/mol. The number of phenols is 1. The zero-order valence-electron chi connectivity index (χ0n) is 10.9. The van der Waals surface area contributed by atoms with Gasteiger partial charge in [-0.1, -0.05) is 12.1 Å². The molecule has 0 bridgehead atoms. The van der Waals surface area contributed by atoms with E-state index in [1.54, 1.807) is 12.1 Å². The molecular formula is C14H22N2O2. The van der Waals surface area contributed by atoms with Crippen LogP contribution in [0, 0.1) is 0 Å². The van der Waals surface area contributed by atoms with Crippen LogP contribution in [0.15, 0.2) is 24.3 Å². The van der Waals surface area contributed by atoms with E-state index in [-0.39, 0.29) is 5.54 Å². The standard InChI is InChI=1S/C14H22N2O2/c1-14(11-15,16-6-8-18-9-7-16)10-12-2-4-13(17)5-3-12/h2-5,17H,6-11,15H2,1H3. The molecule has 1 saturated heterocycles. The van der Waals surface area contributed by atoms with Crippen LogP contribution in [-0.2, 0) is 11.2 Å². The average molecular weight is 250 g/mol. The Morgan fingerprint density at radius 2 is 1.89 bits per heavy atom. The molecule has 0 radical (unpaired) electrons. The third-order valence-corrected chi connectivity index (χ3v) is 3.74. The van der Waals surface area contributed by atoms with Crippen LogP contribution in [0.2, 0.25) is 0 Å². The van der Waals surface area contributed by atoms with Gasteiger partial charge in [0.2, 0.25) is 0 Å². The Morgan fingerprint density at radius 3 is 2.44 bits per heavy atom. The van der Waals surface area contributed by atoms with E-state index in [1.807, 2.05) is 12.1 Å². The number of morpholine rings is 1. The van der Waals surface area contributed by atoms with Crippen molar-refractivity contribution >= 4 is 0 Å². The van der Waals surface area contributed by atoms with Crippen molar-refractivity contribution in [1.82, 2.24) is 4.90 Å². The summed E-state index contributed by atoms with van der Waals surface area (Å²) in [5.74, 6) is 0.305. The van der Waals surface area contributed by atoms with Gasteiger partial charge >= 0.3 is 0 Å². The molecule has 4 nitrogen and oxygen atoms in total. The minimum atomic E-state index is -0.0409. The van der Waals surface area contributed by atoms with Gasteiger partial charge in [-0.05, 0) is 31.0 Å². The summed E-state index contributed by atoms with van der Waals surface area (Å²) in [6.07, 6.45) is 0.893. The number of hydrogen-bond acceptors (Lipinski definition) is 4. The Morgan fingerprint density at radius 1 is 1.28 bits per heavy atom. The van der Waals surface area contributed by atoms with E-state index in [0.29, 0.717) is 12.3 Å². The highest BCUT2D eigenvalue weighted by atomic mass is 16.5. The van der Waals surface area contributed by atoms with E-state index < -0.39 is 0 Å². The van der Waals surface area contributed by atoms with Crippen LogP contribution in [0.1, 0.15) is 12.5 Å². The molecule has 1 aromatic carbocycles. The molecule has 18 heavy (non-hydrogen) atoms. The van der Waals surface area contributed by atoms with E-state index in [1.165, 1.54) is 5.56 Å². The number of nitrogens with zero attached hydrogens (tertiary/aromatic N) is 1. The van der Waals surface area contributed by atoms with Crippen molar-refractivity contribution in [2.75, 3.05) is 32.8 Å². The monoisotopic (exact) mass is 250 g/mol. The van der Waals surface area contributed by atoms with Crippen molar-refractivity contribution in [3.8, 4) is 5.75 Å². The molecule has 1 unspecified atom stereocenters. The lowest BCUT2D eigenvalue weighted by atomic mass is 9.90. The predicted molar refractivity (Wildman–Crippen MR) is 71.7 cm³/mol. The lowest BCUT2D eigenvalue weighted by Crippen LogP contribution is -2.56. The van der Waals surface area contributed by atoms with Crippen molar-refractivity contribution in [1.29, 1.82) is 0 Å². The molecule has 2 rings (SSSR count). The summed E-state index contributed by atoms with van der Waals surface area (Å²) in [5, 5.41) is 9.31. The number of benzene rings is 1. The summed E-state index contributed by atoms with van der Waals surface area (Å²) in [4.78, 5) is 2.41. The van der Waals surface area contributed by atoms with Gasteiger partial charge in [0, 0.05) is 25.2 Å². The molecule has 1 heterocycles. The third-order valence-electron chi connectivity index (χ3n) is 3.74. The van der Waals surface area contributed by atoms with E-state index in [4.69, 9.17) is 10.5 Å². The fourth-order valence-electron chi connectivity index (χ4n) is 2.47. The van der Waals surface area contributed by atoms with Gasteiger partial charge in [-0.15, -0.1) is 0 Å². The Balaban J connectivity index is 2.08. The lowest BCUT2D eigenvalue weighted by Gasteiger charge is -2.42. The van der Waals surface area contributed by atoms with Crippen LogP contribution in [0.5, 0.6) is 5.75 Å². The third kappa shape index (κ3) is 3.02. The smallest absolute Gasteiger partial charge is 0.115 e. The Labute approximate surface area is 108 Å². The topological polar surface area (TPSA) is 58.7 Å². The number of hydrogen-bond donors (Lipinski definition) is 2. The summed E-state index contributed by atoms with van der Waals surface area (Å²) >= 11 is 0. The molecule has 1 aromatic rings. The highest BCUT2D eigenvalue weighted by molar-refractivity contribution is 5.27. The van der Waals surface area contributed by atoms with Crippen LogP contribution in [0.3, 0.4) is 0 Å². The molecule has 0 amide bonds. The number of rotatable bonds is 4. The quantitative estimate of drug-likeness (QED) is 0.836. The minimum Gasteiger partial charge on any atom is -0.508 e. The maximum Gasteiger partial charge on any atom is 0.115 e. The molecule has 0 aromatic heterocycles.